The summed E-state index contributed by atoms with van der Waals surface area (Å²) in [4.78, 5) is 27.8. The van der Waals surface area contributed by atoms with Gasteiger partial charge in [0, 0.05) is 5.69 Å². The Morgan fingerprint density at radius 1 is 0.828 bits per heavy atom. The minimum Gasteiger partial charge on any atom is -0.497 e. The Bertz CT molecular complexity index is 1100. The lowest BCUT2D eigenvalue weighted by molar-refractivity contribution is -0.120. The number of anilines is 2. The van der Waals surface area contributed by atoms with Crippen molar-refractivity contribution < 1.29 is 14.3 Å². The number of nitrogens with one attached hydrogen (secondary N) is 1. The van der Waals surface area contributed by atoms with E-state index in [1.165, 1.54) is 4.90 Å². The summed E-state index contributed by atoms with van der Waals surface area (Å²) in [7, 11) is 1.57. The van der Waals surface area contributed by atoms with Crippen LogP contribution in [0, 0.1) is 6.92 Å². The van der Waals surface area contributed by atoms with Gasteiger partial charge >= 0.3 is 0 Å². The Labute approximate surface area is 169 Å². The molecule has 1 N–H and O–H groups in total. The zero-order valence-electron chi connectivity index (χ0n) is 16.2. The largest absolute Gasteiger partial charge is 0.497 e. The smallest absolute Gasteiger partial charge is 0.282 e. The maximum Gasteiger partial charge on any atom is 0.282 e. The van der Waals surface area contributed by atoms with Crippen molar-refractivity contribution in [3.05, 3.63) is 95.7 Å². The third-order valence-electron chi connectivity index (χ3n) is 4.76. The van der Waals surface area contributed by atoms with Crippen molar-refractivity contribution in [3.63, 3.8) is 0 Å². The summed E-state index contributed by atoms with van der Waals surface area (Å²) in [6, 6.07) is 23.8. The van der Waals surface area contributed by atoms with Crippen LogP contribution in [0.25, 0.3) is 5.57 Å². The number of imide groups is 1. The highest BCUT2D eigenvalue weighted by Gasteiger charge is 2.40. The van der Waals surface area contributed by atoms with Crippen molar-refractivity contribution in [1.82, 2.24) is 0 Å². The number of amides is 2. The number of benzene rings is 3. The summed E-state index contributed by atoms with van der Waals surface area (Å²) in [5, 5.41) is 3.18. The first-order chi connectivity index (χ1) is 14.1. The highest BCUT2D eigenvalue weighted by atomic mass is 16.5. The fraction of sp³-hybridized carbons (Fsp3) is 0.0833. The summed E-state index contributed by atoms with van der Waals surface area (Å²) in [5.74, 6) is -0.0933. The maximum atomic E-state index is 13.3. The van der Waals surface area contributed by atoms with Crippen LogP contribution in [0.5, 0.6) is 5.75 Å². The van der Waals surface area contributed by atoms with Crippen molar-refractivity contribution in [3.8, 4) is 5.75 Å². The summed E-state index contributed by atoms with van der Waals surface area (Å²) >= 11 is 0. The predicted molar refractivity (Wildman–Crippen MR) is 114 cm³/mol. The lowest BCUT2D eigenvalue weighted by Gasteiger charge is -2.16. The highest BCUT2D eigenvalue weighted by Crippen LogP contribution is 2.34. The van der Waals surface area contributed by atoms with Crippen molar-refractivity contribution >= 4 is 28.8 Å². The standard InChI is InChI=1S/C24H20N2O3/c1-16-7-6-10-18(15-16)25-22-21(17-8-4-3-5-9-17)23(27)26(24(22)28)19-11-13-20(29-2)14-12-19/h3-15,25H,1-2H3. The molecule has 1 aliphatic rings. The number of hydrogen-bond donors (Lipinski definition) is 1. The molecule has 0 bridgehead atoms. The van der Waals surface area contributed by atoms with Crippen LogP contribution in [0.3, 0.4) is 0 Å². The average molecular weight is 384 g/mol. The molecular weight excluding hydrogens is 364 g/mol. The number of methoxy groups -OCH3 is 1. The third kappa shape index (κ3) is 3.50. The van der Waals surface area contributed by atoms with Gasteiger partial charge in [0.2, 0.25) is 0 Å². The fourth-order valence-corrected chi connectivity index (χ4v) is 3.35. The van der Waals surface area contributed by atoms with Crippen molar-refractivity contribution in [1.29, 1.82) is 0 Å². The van der Waals surface area contributed by atoms with E-state index in [9.17, 15) is 9.59 Å². The van der Waals surface area contributed by atoms with Crippen LogP contribution in [-0.4, -0.2) is 18.9 Å². The van der Waals surface area contributed by atoms with Gasteiger partial charge in [0.05, 0.1) is 18.4 Å². The Morgan fingerprint density at radius 3 is 2.21 bits per heavy atom. The molecule has 1 heterocycles. The van der Waals surface area contributed by atoms with E-state index >= 15 is 0 Å². The van der Waals surface area contributed by atoms with E-state index in [-0.39, 0.29) is 17.5 Å². The monoisotopic (exact) mass is 384 g/mol. The lowest BCUT2D eigenvalue weighted by atomic mass is 10.0. The number of ether oxygens (including phenoxy) is 1. The molecular formula is C24H20N2O3. The first-order valence-electron chi connectivity index (χ1n) is 9.24. The van der Waals surface area contributed by atoms with E-state index in [1.54, 1.807) is 31.4 Å². The first kappa shape index (κ1) is 18.5. The molecule has 5 heteroatoms. The van der Waals surface area contributed by atoms with Crippen molar-refractivity contribution in [2.75, 3.05) is 17.3 Å². The van der Waals surface area contributed by atoms with Gasteiger partial charge in [-0.2, -0.15) is 0 Å². The molecule has 4 rings (SSSR count). The Kier molecular flexibility index (Phi) is 4.87. The normalized spacial score (nSPS) is 13.8. The van der Waals surface area contributed by atoms with Gasteiger partial charge in [0.15, 0.2) is 0 Å². The molecule has 144 valence electrons. The molecule has 2 amide bonds. The van der Waals surface area contributed by atoms with E-state index in [2.05, 4.69) is 5.32 Å². The Balaban J connectivity index is 1.79. The molecule has 5 nitrogen and oxygen atoms in total. The van der Waals surface area contributed by atoms with Gasteiger partial charge in [-0.05, 0) is 54.4 Å². The number of carbonyl (C=O) groups is 2. The van der Waals surface area contributed by atoms with Gasteiger partial charge in [-0.25, -0.2) is 4.90 Å². The number of hydrogen-bond acceptors (Lipinski definition) is 4. The minimum absolute atomic E-state index is 0.266. The Hall–Kier alpha value is -3.86. The van der Waals surface area contributed by atoms with Crippen LogP contribution in [-0.2, 0) is 9.59 Å². The molecule has 0 atom stereocenters. The molecule has 0 spiro atoms. The molecule has 3 aromatic rings. The first-order valence-corrected chi connectivity index (χ1v) is 9.24. The molecule has 29 heavy (non-hydrogen) atoms. The van der Waals surface area contributed by atoms with E-state index in [4.69, 9.17) is 4.74 Å². The maximum absolute atomic E-state index is 13.3. The van der Waals surface area contributed by atoms with Crippen LogP contribution in [0.4, 0.5) is 11.4 Å². The summed E-state index contributed by atoms with van der Waals surface area (Å²) < 4.78 is 5.18. The number of aryl methyl sites for hydroxylation is 1. The van der Waals surface area contributed by atoms with Gasteiger partial charge in [-0.15, -0.1) is 0 Å². The van der Waals surface area contributed by atoms with Gasteiger partial charge in [0.1, 0.15) is 11.4 Å². The van der Waals surface area contributed by atoms with Gasteiger partial charge in [-0.3, -0.25) is 9.59 Å². The molecule has 0 fully saturated rings. The minimum atomic E-state index is -0.388. The summed E-state index contributed by atoms with van der Waals surface area (Å²) in [6.07, 6.45) is 0. The molecule has 0 aromatic heterocycles. The fourth-order valence-electron chi connectivity index (χ4n) is 3.35. The van der Waals surface area contributed by atoms with E-state index in [0.29, 0.717) is 22.6 Å². The SMILES string of the molecule is COc1ccc(N2C(=O)C(Nc3cccc(C)c3)=C(c3ccccc3)C2=O)cc1. The predicted octanol–water partition coefficient (Wildman–Crippen LogP) is 4.40. The number of nitrogens with zero attached hydrogens (tertiary/aromatic N) is 1. The second kappa shape index (κ2) is 7.64. The lowest BCUT2D eigenvalue weighted by Crippen LogP contribution is -2.32. The molecule has 3 aromatic carbocycles. The van der Waals surface area contributed by atoms with Crippen molar-refractivity contribution in [2.45, 2.75) is 6.92 Å². The molecule has 0 saturated heterocycles. The second-order valence-corrected chi connectivity index (χ2v) is 6.75. The summed E-state index contributed by atoms with van der Waals surface area (Å²) in [6.45, 7) is 1.98. The molecule has 0 aliphatic carbocycles. The Morgan fingerprint density at radius 2 is 1.55 bits per heavy atom. The van der Waals surface area contributed by atoms with Crippen LogP contribution in [0.1, 0.15) is 11.1 Å². The summed E-state index contributed by atoms with van der Waals surface area (Å²) in [5.41, 5.74) is 3.62. The van der Waals surface area contributed by atoms with E-state index in [1.807, 2.05) is 61.5 Å². The van der Waals surface area contributed by atoms with Crippen LogP contribution in [0.2, 0.25) is 0 Å². The number of rotatable bonds is 5. The molecule has 1 aliphatic heterocycles. The zero-order chi connectivity index (χ0) is 20.4. The average Bonchev–Trinajstić information content (AvgIpc) is 2.98. The van der Waals surface area contributed by atoms with E-state index in [0.717, 1.165) is 11.3 Å². The topological polar surface area (TPSA) is 58.6 Å². The number of carbonyl (C=O) groups excluding carboxylic acids is 2. The van der Waals surface area contributed by atoms with Gasteiger partial charge in [-0.1, -0.05) is 42.5 Å². The van der Waals surface area contributed by atoms with E-state index < -0.39 is 0 Å². The third-order valence-corrected chi connectivity index (χ3v) is 4.76. The molecule has 0 saturated carbocycles. The van der Waals surface area contributed by atoms with Gasteiger partial charge < -0.3 is 10.1 Å². The van der Waals surface area contributed by atoms with Crippen LogP contribution < -0.4 is 15.0 Å². The van der Waals surface area contributed by atoms with Gasteiger partial charge in [0.25, 0.3) is 11.8 Å². The molecule has 0 unspecified atom stereocenters. The second-order valence-electron chi connectivity index (χ2n) is 6.75. The quantitative estimate of drug-likeness (QED) is 0.663. The highest BCUT2D eigenvalue weighted by molar-refractivity contribution is 6.46. The zero-order valence-corrected chi connectivity index (χ0v) is 16.2. The van der Waals surface area contributed by atoms with Crippen LogP contribution >= 0.6 is 0 Å². The molecule has 0 radical (unpaired) electrons. The van der Waals surface area contributed by atoms with Crippen molar-refractivity contribution in [2.24, 2.45) is 0 Å². The van der Waals surface area contributed by atoms with Crippen LogP contribution in [0.15, 0.2) is 84.6 Å².